The summed E-state index contributed by atoms with van der Waals surface area (Å²) in [5.41, 5.74) is 5.74. The predicted molar refractivity (Wildman–Crippen MR) is 242 cm³/mol. The van der Waals surface area contributed by atoms with Crippen LogP contribution < -0.4 is 30.4 Å². The zero-order valence-corrected chi connectivity index (χ0v) is 37.3. The smallest absolute Gasteiger partial charge is 0.337 e. The maximum atomic E-state index is 13.0. The molecule has 0 atom stereocenters. The minimum absolute atomic E-state index is 0.344. The number of carbonyl (C=O) groups is 2. The minimum atomic E-state index is -0.586. The molecule has 0 bridgehead atoms. The normalized spacial score (nSPS) is 11.0. The van der Waals surface area contributed by atoms with Crippen molar-refractivity contribution in [2.24, 2.45) is 0 Å². The van der Waals surface area contributed by atoms with Gasteiger partial charge in [-0.05, 0) is 31.4 Å². The van der Waals surface area contributed by atoms with Gasteiger partial charge in [0.2, 0.25) is 5.75 Å². The molecule has 0 radical (unpaired) electrons. The molecule has 2 aromatic rings. The average Bonchev–Trinajstić information content (AvgIpc) is 3.23. The molecular weight excluding hydrogens is 725 g/mol. The molecular formula is C49H84N4O5. The van der Waals surface area contributed by atoms with Gasteiger partial charge >= 0.3 is 6.03 Å². The Hall–Kier alpha value is -3.49. The van der Waals surface area contributed by atoms with E-state index in [1.807, 2.05) is 0 Å². The van der Waals surface area contributed by atoms with Gasteiger partial charge in [-0.15, -0.1) is 0 Å². The summed E-state index contributed by atoms with van der Waals surface area (Å²) < 4.78 is 19.4. The van der Waals surface area contributed by atoms with Crippen molar-refractivity contribution < 1.29 is 23.8 Å². The van der Waals surface area contributed by atoms with Crippen LogP contribution in [0.4, 0.5) is 10.5 Å². The third-order valence-electron chi connectivity index (χ3n) is 10.7. The number of ether oxygens (including phenoxy) is 3. The van der Waals surface area contributed by atoms with E-state index < -0.39 is 11.9 Å². The van der Waals surface area contributed by atoms with Gasteiger partial charge in [0, 0.05) is 24.5 Å². The molecule has 1 aromatic carbocycles. The molecule has 2 rings (SSSR count). The van der Waals surface area contributed by atoms with E-state index in [9.17, 15) is 9.59 Å². The first-order chi connectivity index (χ1) is 28.6. The first-order valence-electron chi connectivity index (χ1n) is 23.9. The van der Waals surface area contributed by atoms with Crippen molar-refractivity contribution in [2.45, 2.75) is 213 Å². The maximum absolute atomic E-state index is 13.0. The van der Waals surface area contributed by atoms with Crippen molar-refractivity contribution in [2.75, 3.05) is 25.1 Å². The molecule has 3 amide bonds. The number of urea groups is 1. The van der Waals surface area contributed by atoms with Gasteiger partial charge in [-0.2, -0.15) is 0 Å². The van der Waals surface area contributed by atoms with Crippen LogP contribution in [0.5, 0.6) is 17.2 Å². The van der Waals surface area contributed by atoms with E-state index in [1.54, 1.807) is 30.5 Å². The summed E-state index contributed by atoms with van der Waals surface area (Å²) in [4.78, 5) is 29.5. The highest BCUT2D eigenvalue weighted by atomic mass is 16.5. The van der Waals surface area contributed by atoms with Crippen molar-refractivity contribution in [3.05, 3.63) is 42.2 Å². The first kappa shape index (κ1) is 50.7. The highest BCUT2D eigenvalue weighted by molar-refractivity contribution is 5.97. The Morgan fingerprint density at radius 1 is 0.500 bits per heavy atom. The number of amides is 3. The number of nitrogens with zero attached hydrogens (tertiary/aromatic N) is 1. The van der Waals surface area contributed by atoms with E-state index in [4.69, 9.17) is 14.2 Å². The second kappa shape index (κ2) is 36.6. The maximum Gasteiger partial charge on any atom is 0.337 e. The van der Waals surface area contributed by atoms with Crippen molar-refractivity contribution >= 4 is 17.6 Å². The standard InChI is InChI=1S/C49H84N4O5/c1-4-7-10-13-16-19-22-25-28-31-37-56-45-40-44(51-49(55)53-52-48(54)43-35-34-36-50-42-43)41-46(57-38-32-29-26-23-20-17-14-11-8-5-2)47(45)58-39-33-30-27-24-21-18-15-12-9-6-3/h34-36,40-42H,4-33,37-39H2,1-3H3,(H,52,54)(H2,51,53,55). The fraction of sp³-hybridized carbons (Fsp3) is 0.735. The SMILES string of the molecule is CCCCCCCCCCCCOc1cc(NC(=O)NNC(=O)c2cccnc2)cc(OCCCCCCCCCCCC)c1OCCCCCCCCCCCC. The van der Waals surface area contributed by atoms with E-state index in [-0.39, 0.29) is 0 Å². The lowest BCUT2D eigenvalue weighted by Crippen LogP contribution is -2.43. The molecule has 9 heteroatoms. The van der Waals surface area contributed by atoms with Crippen molar-refractivity contribution in [1.29, 1.82) is 0 Å². The average molecular weight is 809 g/mol. The Kier molecular flexibility index (Phi) is 31.9. The molecule has 0 spiro atoms. The van der Waals surface area contributed by atoms with E-state index >= 15 is 0 Å². The van der Waals surface area contributed by atoms with Gasteiger partial charge in [-0.1, -0.05) is 194 Å². The van der Waals surface area contributed by atoms with Crippen LogP contribution >= 0.6 is 0 Å². The Balaban J connectivity index is 2.05. The lowest BCUT2D eigenvalue weighted by atomic mass is 10.1. The van der Waals surface area contributed by atoms with Gasteiger partial charge < -0.3 is 19.5 Å². The molecule has 9 nitrogen and oxygen atoms in total. The van der Waals surface area contributed by atoms with E-state index in [1.165, 1.54) is 160 Å². The highest BCUT2D eigenvalue weighted by Crippen LogP contribution is 2.41. The molecule has 0 aliphatic carbocycles. The molecule has 0 saturated carbocycles. The lowest BCUT2D eigenvalue weighted by Gasteiger charge is -2.19. The van der Waals surface area contributed by atoms with Crippen molar-refractivity contribution in [3.8, 4) is 17.2 Å². The van der Waals surface area contributed by atoms with Crippen LogP contribution in [0.1, 0.15) is 224 Å². The number of hydrogen-bond acceptors (Lipinski definition) is 6. The van der Waals surface area contributed by atoms with Crippen LogP contribution in [-0.4, -0.2) is 36.7 Å². The monoisotopic (exact) mass is 809 g/mol. The third-order valence-corrected chi connectivity index (χ3v) is 10.7. The molecule has 0 saturated heterocycles. The molecule has 0 unspecified atom stereocenters. The Morgan fingerprint density at radius 3 is 1.26 bits per heavy atom. The van der Waals surface area contributed by atoms with Gasteiger partial charge in [-0.25, -0.2) is 10.2 Å². The predicted octanol–water partition coefficient (Wildman–Crippen LogP) is 14.4. The molecule has 0 fully saturated rings. The number of benzene rings is 1. The molecule has 0 aliphatic rings. The Labute approximate surface area is 354 Å². The molecule has 1 aromatic heterocycles. The van der Waals surface area contributed by atoms with Gasteiger partial charge in [-0.3, -0.25) is 15.2 Å². The summed E-state index contributed by atoms with van der Waals surface area (Å²) in [6.07, 6.45) is 40.6. The second-order valence-corrected chi connectivity index (χ2v) is 16.2. The summed E-state index contributed by atoms with van der Waals surface area (Å²) in [6, 6.07) is 6.33. The number of pyridine rings is 1. The van der Waals surface area contributed by atoms with Crippen molar-refractivity contribution in [1.82, 2.24) is 15.8 Å². The van der Waals surface area contributed by atoms with Crippen LogP contribution in [-0.2, 0) is 0 Å². The lowest BCUT2D eigenvalue weighted by molar-refractivity contribution is 0.0937. The van der Waals surface area contributed by atoms with E-state index in [0.29, 0.717) is 48.3 Å². The van der Waals surface area contributed by atoms with Gasteiger partial charge in [0.1, 0.15) is 0 Å². The van der Waals surface area contributed by atoms with Gasteiger partial charge in [0.05, 0.1) is 31.1 Å². The van der Waals surface area contributed by atoms with Crippen LogP contribution in [0.15, 0.2) is 36.7 Å². The summed E-state index contributed by atoms with van der Waals surface area (Å²) >= 11 is 0. The second-order valence-electron chi connectivity index (χ2n) is 16.2. The van der Waals surface area contributed by atoms with Crippen molar-refractivity contribution in [3.63, 3.8) is 0 Å². The largest absolute Gasteiger partial charge is 0.489 e. The molecule has 58 heavy (non-hydrogen) atoms. The number of hydrogen-bond donors (Lipinski definition) is 3. The third kappa shape index (κ3) is 26.5. The summed E-state index contributed by atoms with van der Waals surface area (Å²) in [5.74, 6) is 1.28. The Bertz CT molecular complexity index is 1230. The van der Waals surface area contributed by atoms with E-state index in [2.05, 4.69) is 41.9 Å². The fourth-order valence-electron chi connectivity index (χ4n) is 7.16. The number of rotatable bonds is 38. The number of unbranched alkanes of at least 4 members (excludes halogenated alkanes) is 27. The number of aromatic nitrogens is 1. The quantitative estimate of drug-likeness (QED) is 0.0460. The zero-order chi connectivity index (χ0) is 41.6. The molecule has 3 N–H and O–H groups in total. The zero-order valence-electron chi connectivity index (χ0n) is 37.3. The van der Waals surface area contributed by atoms with Gasteiger partial charge in [0.15, 0.2) is 11.5 Å². The fourth-order valence-corrected chi connectivity index (χ4v) is 7.16. The number of nitrogens with one attached hydrogen (secondary N) is 3. The van der Waals surface area contributed by atoms with Gasteiger partial charge in [0.25, 0.3) is 5.91 Å². The van der Waals surface area contributed by atoms with Crippen LogP contribution in [0.3, 0.4) is 0 Å². The minimum Gasteiger partial charge on any atom is -0.489 e. The Morgan fingerprint density at radius 2 is 0.879 bits per heavy atom. The molecule has 330 valence electrons. The summed E-state index contributed by atoms with van der Waals surface area (Å²) in [5, 5.41) is 2.86. The number of carbonyl (C=O) groups excluding carboxylic acids is 2. The van der Waals surface area contributed by atoms with Crippen LogP contribution in [0.25, 0.3) is 0 Å². The first-order valence-corrected chi connectivity index (χ1v) is 23.9. The van der Waals surface area contributed by atoms with Crippen LogP contribution in [0.2, 0.25) is 0 Å². The van der Waals surface area contributed by atoms with Crippen LogP contribution in [0, 0.1) is 0 Å². The highest BCUT2D eigenvalue weighted by Gasteiger charge is 2.18. The summed E-state index contributed by atoms with van der Waals surface area (Å²) in [6.45, 7) is 8.48. The number of anilines is 1. The number of hydrazine groups is 1. The molecule has 1 heterocycles. The van der Waals surface area contributed by atoms with E-state index in [0.717, 1.165) is 38.5 Å². The molecule has 0 aliphatic heterocycles. The summed E-state index contributed by atoms with van der Waals surface area (Å²) in [7, 11) is 0. The topological polar surface area (TPSA) is 111 Å².